The second-order valence-corrected chi connectivity index (χ2v) is 6.07. The van der Waals surface area contributed by atoms with Crippen LogP contribution in [-0.4, -0.2) is 44.2 Å². The number of nitrogens with one attached hydrogen (secondary N) is 3. The van der Waals surface area contributed by atoms with Crippen LogP contribution in [-0.2, 0) is 4.79 Å². The highest BCUT2D eigenvalue weighted by Crippen LogP contribution is 2.35. The Hall–Kier alpha value is -4.35. The van der Waals surface area contributed by atoms with E-state index < -0.39 is 5.91 Å². The molecule has 0 aliphatic rings. The third-order valence-corrected chi connectivity index (χ3v) is 3.96. The van der Waals surface area contributed by atoms with Gasteiger partial charge in [-0.05, 0) is 12.3 Å². The van der Waals surface area contributed by atoms with E-state index in [0.29, 0.717) is 23.0 Å². The SMILES string of the molecule is C=CNC(=O)c1nnc(NC(=O)CC)cc1Nc1nccc(-c2noc(C)n2)c1OC. The standard InChI is InChI=1S/C19H20N8O4/c1-5-14(28)24-13-9-12(15(26-25-13)19(29)20-6-2)23-18-16(30-4)11(7-8-21-18)17-22-10(3)31-27-17/h6-9H,2,5H2,1,3-4H3,(H,20,29)(H2,21,23,24,25,28). The number of carbonyl (C=O) groups excluding carboxylic acids is 2. The Bertz CT molecular complexity index is 1130. The van der Waals surface area contributed by atoms with Crippen LogP contribution in [0.5, 0.6) is 5.75 Å². The fourth-order valence-corrected chi connectivity index (χ4v) is 2.56. The van der Waals surface area contributed by atoms with Crippen LogP contribution in [0.2, 0.25) is 0 Å². The molecule has 0 fully saturated rings. The smallest absolute Gasteiger partial charge is 0.277 e. The zero-order valence-electron chi connectivity index (χ0n) is 17.1. The first-order chi connectivity index (χ1) is 15.0. The van der Waals surface area contributed by atoms with E-state index >= 15 is 0 Å². The van der Waals surface area contributed by atoms with Crippen LogP contribution < -0.4 is 20.7 Å². The molecule has 0 radical (unpaired) electrons. The number of ether oxygens (including phenoxy) is 1. The molecule has 3 heterocycles. The summed E-state index contributed by atoms with van der Waals surface area (Å²) in [4.78, 5) is 32.6. The van der Waals surface area contributed by atoms with Gasteiger partial charge in [-0.25, -0.2) is 4.98 Å². The lowest BCUT2D eigenvalue weighted by molar-refractivity contribution is -0.115. The van der Waals surface area contributed by atoms with Crippen molar-refractivity contribution < 1.29 is 18.8 Å². The molecule has 0 saturated carbocycles. The molecule has 12 heteroatoms. The highest BCUT2D eigenvalue weighted by molar-refractivity contribution is 6.00. The molecule has 0 bridgehead atoms. The second kappa shape index (κ2) is 9.43. The summed E-state index contributed by atoms with van der Waals surface area (Å²) >= 11 is 0. The van der Waals surface area contributed by atoms with E-state index in [-0.39, 0.29) is 35.3 Å². The van der Waals surface area contributed by atoms with Gasteiger partial charge in [0.15, 0.2) is 23.1 Å². The molecule has 2 amide bonds. The van der Waals surface area contributed by atoms with Crippen LogP contribution in [0.15, 0.2) is 35.6 Å². The van der Waals surface area contributed by atoms with E-state index in [0.717, 1.165) is 0 Å². The largest absolute Gasteiger partial charge is 0.492 e. The van der Waals surface area contributed by atoms with Gasteiger partial charge in [0.1, 0.15) is 0 Å². The fraction of sp³-hybridized carbons (Fsp3) is 0.211. The van der Waals surface area contributed by atoms with Gasteiger partial charge in [-0.15, -0.1) is 10.2 Å². The highest BCUT2D eigenvalue weighted by Gasteiger charge is 2.20. The molecule has 31 heavy (non-hydrogen) atoms. The summed E-state index contributed by atoms with van der Waals surface area (Å²) in [5, 5.41) is 19.8. The maximum Gasteiger partial charge on any atom is 0.277 e. The van der Waals surface area contributed by atoms with Gasteiger partial charge >= 0.3 is 0 Å². The molecule has 0 aliphatic carbocycles. The first-order valence-electron chi connectivity index (χ1n) is 9.16. The molecule has 0 spiro atoms. The number of rotatable bonds is 8. The average molecular weight is 424 g/mol. The summed E-state index contributed by atoms with van der Waals surface area (Å²) in [6.45, 7) is 6.84. The Labute approximate surface area is 177 Å². The minimum absolute atomic E-state index is 0.0425. The molecule has 3 aromatic rings. The van der Waals surface area contributed by atoms with Crippen molar-refractivity contribution in [1.82, 2.24) is 30.6 Å². The molecule has 0 unspecified atom stereocenters. The molecule has 160 valence electrons. The van der Waals surface area contributed by atoms with Gasteiger partial charge in [0, 0.05) is 25.6 Å². The van der Waals surface area contributed by atoms with Crippen LogP contribution in [0.1, 0.15) is 29.7 Å². The number of methoxy groups -OCH3 is 1. The van der Waals surface area contributed by atoms with Crippen LogP contribution in [0.25, 0.3) is 11.4 Å². The number of pyridine rings is 1. The first-order valence-corrected chi connectivity index (χ1v) is 9.16. The molecular weight excluding hydrogens is 404 g/mol. The van der Waals surface area contributed by atoms with Crippen molar-refractivity contribution in [2.75, 3.05) is 17.7 Å². The molecule has 0 aliphatic heterocycles. The third kappa shape index (κ3) is 4.80. The van der Waals surface area contributed by atoms with E-state index in [1.807, 2.05) is 0 Å². The molecule has 0 saturated heterocycles. The number of amides is 2. The molecule has 12 nitrogen and oxygen atoms in total. The van der Waals surface area contributed by atoms with Gasteiger partial charge in [-0.2, -0.15) is 4.98 Å². The lowest BCUT2D eigenvalue weighted by Gasteiger charge is -2.15. The van der Waals surface area contributed by atoms with E-state index in [2.05, 4.69) is 47.9 Å². The van der Waals surface area contributed by atoms with Gasteiger partial charge < -0.3 is 25.2 Å². The summed E-state index contributed by atoms with van der Waals surface area (Å²) in [6.07, 6.45) is 2.99. The predicted octanol–water partition coefficient (Wildman–Crippen LogP) is 2.20. The fourth-order valence-electron chi connectivity index (χ4n) is 2.56. The third-order valence-electron chi connectivity index (χ3n) is 3.96. The lowest BCUT2D eigenvalue weighted by atomic mass is 10.2. The van der Waals surface area contributed by atoms with Gasteiger partial charge in [-0.1, -0.05) is 18.7 Å². The minimum Gasteiger partial charge on any atom is -0.492 e. The Morgan fingerprint density at radius 3 is 2.77 bits per heavy atom. The topological polar surface area (TPSA) is 157 Å². The van der Waals surface area contributed by atoms with Crippen LogP contribution in [0.3, 0.4) is 0 Å². The normalized spacial score (nSPS) is 10.3. The van der Waals surface area contributed by atoms with Crippen molar-refractivity contribution in [1.29, 1.82) is 0 Å². The summed E-state index contributed by atoms with van der Waals surface area (Å²) in [6, 6.07) is 3.13. The van der Waals surface area contributed by atoms with Crippen molar-refractivity contribution in [2.45, 2.75) is 20.3 Å². The lowest BCUT2D eigenvalue weighted by Crippen LogP contribution is -2.21. The summed E-state index contributed by atoms with van der Waals surface area (Å²) in [5.41, 5.74) is 0.711. The molecule has 3 aromatic heterocycles. The summed E-state index contributed by atoms with van der Waals surface area (Å²) in [7, 11) is 1.46. The number of hydrogen-bond donors (Lipinski definition) is 3. The number of hydrogen-bond acceptors (Lipinski definition) is 10. The monoisotopic (exact) mass is 424 g/mol. The summed E-state index contributed by atoms with van der Waals surface area (Å²) in [5.74, 6) is 0.629. The maximum atomic E-state index is 12.4. The number of nitrogens with zero attached hydrogens (tertiary/aromatic N) is 5. The Kier molecular flexibility index (Phi) is 6.50. The second-order valence-electron chi connectivity index (χ2n) is 6.07. The van der Waals surface area contributed by atoms with Crippen molar-refractivity contribution in [2.24, 2.45) is 0 Å². The minimum atomic E-state index is -0.553. The number of aromatic nitrogens is 5. The van der Waals surface area contributed by atoms with Crippen molar-refractivity contribution in [3.8, 4) is 17.1 Å². The molecule has 3 rings (SSSR count). The van der Waals surface area contributed by atoms with E-state index in [9.17, 15) is 9.59 Å². The zero-order chi connectivity index (χ0) is 22.4. The number of aryl methyl sites for hydroxylation is 1. The van der Waals surface area contributed by atoms with Gasteiger partial charge in [-0.3, -0.25) is 9.59 Å². The maximum absolute atomic E-state index is 12.4. The van der Waals surface area contributed by atoms with E-state index in [1.165, 1.54) is 25.6 Å². The van der Waals surface area contributed by atoms with Crippen molar-refractivity contribution in [3.05, 3.63) is 42.7 Å². The Morgan fingerprint density at radius 2 is 2.13 bits per heavy atom. The van der Waals surface area contributed by atoms with Crippen LogP contribution in [0.4, 0.5) is 17.3 Å². The van der Waals surface area contributed by atoms with Gasteiger partial charge in [0.25, 0.3) is 5.91 Å². The highest BCUT2D eigenvalue weighted by atomic mass is 16.5. The van der Waals surface area contributed by atoms with E-state index in [1.54, 1.807) is 19.9 Å². The molecule has 0 aromatic carbocycles. The van der Waals surface area contributed by atoms with Gasteiger partial charge in [0.05, 0.1) is 18.4 Å². The number of carbonyl (C=O) groups is 2. The molecule has 3 N–H and O–H groups in total. The van der Waals surface area contributed by atoms with Crippen molar-refractivity contribution >= 4 is 29.1 Å². The first kappa shape index (κ1) is 21.4. The molecular formula is C19H20N8O4. The Morgan fingerprint density at radius 1 is 1.32 bits per heavy atom. The average Bonchev–Trinajstić information content (AvgIpc) is 3.20. The van der Waals surface area contributed by atoms with Crippen molar-refractivity contribution in [3.63, 3.8) is 0 Å². The molecule has 0 atom stereocenters. The summed E-state index contributed by atoms with van der Waals surface area (Å²) < 4.78 is 10.5. The predicted molar refractivity (Wildman–Crippen MR) is 111 cm³/mol. The van der Waals surface area contributed by atoms with Gasteiger partial charge in [0.2, 0.25) is 17.6 Å². The quantitative estimate of drug-likeness (QED) is 0.489. The number of anilines is 3. The van der Waals surface area contributed by atoms with Crippen LogP contribution >= 0.6 is 0 Å². The van der Waals surface area contributed by atoms with Crippen LogP contribution in [0, 0.1) is 6.92 Å². The zero-order valence-corrected chi connectivity index (χ0v) is 17.1. The Balaban J connectivity index is 2.05. The van der Waals surface area contributed by atoms with E-state index in [4.69, 9.17) is 9.26 Å².